The third-order valence-corrected chi connectivity index (χ3v) is 5.60. The lowest BCUT2D eigenvalue weighted by molar-refractivity contribution is 0.0384. The van der Waals surface area contributed by atoms with Crippen LogP contribution in [0.5, 0.6) is 0 Å². The van der Waals surface area contributed by atoms with E-state index in [0.717, 1.165) is 12.8 Å². The van der Waals surface area contributed by atoms with Crippen molar-refractivity contribution in [2.45, 2.75) is 32.8 Å². The molecular weight excluding hydrogens is 306 g/mol. The van der Waals surface area contributed by atoms with Crippen molar-refractivity contribution in [1.82, 2.24) is 4.57 Å². The van der Waals surface area contributed by atoms with Gasteiger partial charge in [0.25, 0.3) is 0 Å². The number of carbonyl (C=O) groups is 1. The first-order valence-corrected chi connectivity index (χ1v) is 8.78. The molecule has 2 aromatic heterocycles. The number of para-hydroxylation sites is 1. The SMILES string of the molecule is CC(C)OC(=O)c1cc2c(s1)CCc1c-2n(C)c2ccccc12. The van der Waals surface area contributed by atoms with Crippen LogP contribution in [0.25, 0.3) is 22.2 Å². The average molecular weight is 325 g/mol. The predicted octanol–water partition coefficient (Wildman–Crippen LogP) is 4.57. The summed E-state index contributed by atoms with van der Waals surface area (Å²) in [6.45, 7) is 3.76. The molecule has 118 valence electrons. The van der Waals surface area contributed by atoms with Gasteiger partial charge in [0.1, 0.15) is 4.88 Å². The lowest BCUT2D eigenvalue weighted by Crippen LogP contribution is -2.10. The summed E-state index contributed by atoms with van der Waals surface area (Å²) in [4.78, 5) is 14.2. The van der Waals surface area contributed by atoms with Crippen molar-refractivity contribution in [3.8, 4) is 11.3 Å². The number of aryl methyl sites for hydroxylation is 3. The fourth-order valence-corrected chi connectivity index (χ4v) is 4.54. The molecule has 0 unspecified atom stereocenters. The van der Waals surface area contributed by atoms with Gasteiger partial charge in [-0.1, -0.05) is 18.2 Å². The summed E-state index contributed by atoms with van der Waals surface area (Å²) < 4.78 is 7.61. The molecule has 0 saturated heterocycles. The lowest BCUT2D eigenvalue weighted by Gasteiger charge is -2.14. The van der Waals surface area contributed by atoms with Crippen LogP contribution in [-0.2, 0) is 24.6 Å². The molecule has 0 spiro atoms. The van der Waals surface area contributed by atoms with Gasteiger partial charge < -0.3 is 9.30 Å². The minimum atomic E-state index is -0.209. The first kappa shape index (κ1) is 14.5. The molecule has 2 heterocycles. The zero-order valence-electron chi connectivity index (χ0n) is 13.6. The van der Waals surface area contributed by atoms with Crippen LogP contribution < -0.4 is 0 Å². The van der Waals surface area contributed by atoms with Crippen LogP contribution >= 0.6 is 11.3 Å². The Kier molecular flexibility index (Phi) is 3.31. The quantitative estimate of drug-likeness (QED) is 0.646. The highest BCUT2D eigenvalue weighted by atomic mass is 32.1. The Morgan fingerprint density at radius 3 is 2.83 bits per heavy atom. The highest BCUT2D eigenvalue weighted by Crippen LogP contribution is 2.43. The largest absolute Gasteiger partial charge is 0.459 e. The number of benzene rings is 1. The van der Waals surface area contributed by atoms with Gasteiger partial charge in [0.05, 0.1) is 11.8 Å². The van der Waals surface area contributed by atoms with Crippen LogP contribution in [-0.4, -0.2) is 16.6 Å². The summed E-state index contributed by atoms with van der Waals surface area (Å²) in [6.07, 6.45) is 1.94. The molecule has 3 nitrogen and oxygen atoms in total. The number of carbonyl (C=O) groups excluding carboxylic acids is 1. The highest BCUT2D eigenvalue weighted by Gasteiger charge is 2.26. The number of fused-ring (bicyclic) bond motifs is 5. The number of rotatable bonds is 2. The standard InChI is InChI=1S/C19H19NO2S/c1-11(2)22-19(21)17-10-14-16(23-17)9-8-13-12-6-4-5-7-15(12)20(3)18(13)14/h4-7,10-11H,8-9H2,1-3H3. The fourth-order valence-electron chi connectivity index (χ4n) is 3.49. The molecule has 1 aliphatic rings. The molecule has 0 atom stereocenters. The van der Waals surface area contributed by atoms with Crippen molar-refractivity contribution >= 4 is 28.2 Å². The molecule has 4 rings (SSSR count). The van der Waals surface area contributed by atoms with E-state index in [1.807, 2.05) is 19.9 Å². The van der Waals surface area contributed by atoms with Gasteiger partial charge in [-0.3, -0.25) is 0 Å². The van der Waals surface area contributed by atoms with Crippen molar-refractivity contribution < 1.29 is 9.53 Å². The number of hydrogen-bond donors (Lipinski definition) is 0. The second-order valence-corrected chi connectivity index (χ2v) is 7.44. The molecule has 0 aliphatic heterocycles. The lowest BCUT2D eigenvalue weighted by atomic mass is 9.94. The number of ether oxygens (including phenoxy) is 1. The minimum Gasteiger partial charge on any atom is -0.459 e. The maximum absolute atomic E-state index is 12.2. The summed E-state index contributed by atoms with van der Waals surface area (Å²) >= 11 is 1.58. The van der Waals surface area contributed by atoms with Gasteiger partial charge in [-0.05, 0) is 44.4 Å². The average Bonchev–Trinajstić information content (AvgIpc) is 3.07. The van der Waals surface area contributed by atoms with E-state index in [-0.39, 0.29) is 12.1 Å². The van der Waals surface area contributed by atoms with Crippen molar-refractivity contribution in [3.63, 3.8) is 0 Å². The molecule has 0 saturated carbocycles. The van der Waals surface area contributed by atoms with E-state index < -0.39 is 0 Å². The van der Waals surface area contributed by atoms with Crippen molar-refractivity contribution in [2.75, 3.05) is 0 Å². The maximum atomic E-state index is 12.2. The van der Waals surface area contributed by atoms with Gasteiger partial charge in [-0.25, -0.2) is 4.79 Å². The Hall–Kier alpha value is -2.07. The van der Waals surface area contributed by atoms with E-state index in [4.69, 9.17) is 4.74 Å². The minimum absolute atomic E-state index is 0.0881. The summed E-state index contributed by atoms with van der Waals surface area (Å²) in [6, 6.07) is 10.5. The molecular formula is C19H19NO2S. The summed E-state index contributed by atoms with van der Waals surface area (Å²) in [5.74, 6) is -0.209. The zero-order chi connectivity index (χ0) is 16.1. The summed E-state index contributed by atoms with van der Waals surface area (Å²) in [5, 5.41) is 1.33. The maximum Gasteiger partial charge on any atom is 0.348 e. The Labute approximate surface area is 139 Å². The van der Waals surface area contributed by atoms with Crippen LogP contribution in [0.15, 0.2) is 30.3 Å². The molecule has 3 aromatic rings. The molecule has 0 amide bonds. The van der Waals surface area contributed by atoms with Gasteiger partial charge >= 0.3 is 5.97 Å². The third-order valence-electron chi connectivity index (χ3n) is 4.42. The van der Waals surface area contributed by atoms with E-state index in [0.29, 0.717) is 4.88 Å². The fraction of sp³-hybridized carbons (Fsp3) is 0.316. The number of nitrogens with zero attached hydrogens (tertiary/aromatic N) is 1. The molecule has 0 N–H and O–H groups in total. The van der Waals surface area contributed by atoms with E-state index in [1.54, 1.807) is 11.3 Å². The number of thiophene rings is 1. The Balaban J connectivity index is 1.87. The van der Waals surface area contributed by atoms with Crippen LogP contribution in [0.2, 0.25) is 0 Å². The van der Waals surface area contributed by atoms with Crippen molar-refractivity contribution in [3.05, 3.63) is 45.6 Å². The molecule has 4 heteroatoms. The number of aromatic nitrogens is 1. The normalized spacial score (nSPS) is 13.2. The van der Waals surface area contributed by atoms with Crippen molar-refractivity contribution in [1.29, 1.82) is 0 Å². The number of esters is 1. The third kappa shape index (κ3) is 2.20. The molecule has 0 fully saturated rings. The Bertz CT molecular complexity index is 917. The van der Waals surface area contributed by atoms with E-state index in [2.05, 4.69) is 35.9 Å². The zero-order valence-corrected chi connectivity index (χ0v) is 14.4. The smallest absolute Gasteiger partial charge is 0.348 e. The van der Waals surface area contributed by atoms with Gasteiger partial charge in [-0.15, -0.1) is 11.3 Å². The Morgan fingerprint density at radius 1 is 1.26 bits per heavy atom. The van der Waals surface area contributed by atoms with E-state index >= 15 is 0 Å². The predicted molar refractivity (Wildman–Crippen MR) is 94.2 cm³/mol. The van der Waals surface area contributed by atoms with E-state index in [1.165, 1.54) is 32.6 Å². The summed E-state index contributed by atoms with van der Waals surface area (Å²) in [5.41, 5.74) is 5.11. The highest BCUT2D eigenvalue weighted by molar-refractivity contribution is 7.14. The Morgan fingerprint density at radius 2 is 2.04 bits per heavy atom. The first-order valence-electron chi connectivity index (χ1n) is 7.96. The van der Waals surface area contributed by atoms with Crippen LogP contribution in [0, 0.1) is 0 Å². The number of hydrogen-bond acceptors (Lipinski definition) is 3. The van der Waals surface area contributed by atoms with E-state index in [9.17, 15) is 4.79 Å². The van der Waals surface area contributed by atoms with Gasteiger partial charge in [0, 0.05) is 28.4 Å². The summed E-state index contributed by atoms with van der Waals surface area (Å²) in [7, 11) is 2.11. The molecule has 1 aromatic carbocycles. The second kappa shape index (κ2) is 5.24. The van der Waals surface area contributed by atoms with Gasteiger partial charge in [-0.2, -0.15) is 0 Å². The topological polar surface area (TPSA) is 31.2 Å². The van der Waals surface area contributed by atoms with Crippen molar-refractivity contribution in [2.24, 2.45) is 7.05 Å². The second-order valence-electron chi connectivity index (χ2n) is 6.30. The first-order chi connectivity index (χ1) is 11.1. The molecule has 0 bridgehead atoms. The van der Waals surface area contributed by atoms with Gasteiger partial charge in [0.15, 0.2) is 0 Å². The van der Waals surface area contributed by atoms with Gasteiger partial charge in [0.2, 0.25) is 0 Å². The van der Waals surface area contributed by atoms with Crippen LogP contribution in [0.3, 0.4) is 0 Å². The molecule has 23 heavy (non-hydrogen) atoms. The molecule has 0 radical (unpaired) electrons. The van der Waals surface area contributed by atoms with Crippen LogP contribution in [0.1, 0.15) is 34.0 Å². The monoisotopic (exact) mass is 325 g/mol. The molecule has 1 aliphatic carbocycles. The van der Waals surface area contributed by atoms with Crippen LogP contribution in [0.4, 0.5) is 0 Å².